The van der Waals surface area contributed by atoms with Crippen LogP contribution in [0.25, 0.3) is 0 Å². The van der Waals surface area contributed by atoms with Crippen molar-refractivity contribution >= 4 is 11.8 Å². The molecule has 0 saturated heterocycles. The fourth-order valence-corrected chi connectivity index (χ4v) is 2.61. The molecule has 1 aromatic rings. The molecule has 94 valence electrons. The molecule has 2 rings (SSSR count). The molecule has 1 aliphatic rings. The molecule has 17 heavy (non-hydrogen) atoms. The molecule has 0 aliphatic carbocycles. The minimum atomic E-state index is 0.0562. The van der Waals surface area contributed by atoms with Crippen molar-refractivity contribution in [3.8, 4) is 11.5 Å². The lowest BCUT2D eigenvalue weighted by Gasteiger charge is -2.30. The second kappa shape index (κ2) is 5.65. The SMILES string of the molecule is COc1ccc2c(c1)[C@H](N)CC(CCSC)O2. The average molecular weight is 253 g/mol. The Morgan fingerprint density at radius 3 is 3.06 bits per heavy atom. The van der Waals surface area contributed by atoms with Gasteiger partial charge in [-0.05, 0) is 36.6 Å². The molecule has 0 aromatic heterocycles. The van der Waals surface area contributed by atoms with Crippen molar-refractivity contribution < 1.29 is 9.47 Å². The van der Waals surface area contributed by atoms with Crippen LogP contribution in [0, 0.1) is 0 Å². The summed E-state index contributed by atoms with van der Waals surface area (Å²) in [5, 5.41) is 0. The molecule has 1 heterocycles. The molecule has 3 nitrogen and oxygen atoms in total. The standard InChI is InChI=1S/C13H19NO2S/c1-15-9-3-4-13-11(7-9)12(14)8-10(16-13)5-6-17-2/h3-4,7,10,12H,5-6,8,14H2,1-2H3/t10?,12-/m1/s1. The van der Waals surface area contributed by atoms with Crippen molar-refractivity contribution in [2.75, 3.05) is 19.1 Å². The van der Waals surface area contributed by atoms with E-state index >= 15 is 0 Å². The van der Waals surface area contributed by atoms with Gasteiger partial charge in [-0.2, -0.15) is 11.8 Å². The summed E-state index contributed by atoms with van der Waals surface area (Å²) in [6.45, 7) is 0. The van der Waals surface area contributed by atoms with E-state index in [2.05, 4.69) is 6.26 Å². The summed E-state index contributed by atoms with van der Waals surface area (Å²) in [6.07, 6.45) is 4.31. The first-order chi connectivity index (χ1) is 8.24. The van der Waals surface area contributed by atoms with Gasteiger partial charge in [-0.1, -0.05) is 0 Å². The summed E-state index contributed by atoms with van der Waals surface area (Å²) >= 11 is 1.84. The van der Waals surface area contributed by atoms with Gasteiger partial charge in [-0.25, -0.2) is 0 Å². The molecule has 0 radical (unpaired) electrons. The maximum Gasteiger partial charge on any atom is 0.124 e. The van der Waals surface area contributed by atoms with Gasteiger partial charge in [0.15, 0.2) is 0 Å². The number of hydrogen-bond acceptors (Lipinski definition) is 4. The number of rotatable bonds is 4. The zero-order valence-corrected chi connectivity index (χ0v) is 11.1. The van der Waals surface area contributed by atoms with Gasteiger partial charge in [0.05, 0.1) is 7.11 Å². The summed E-state index contributed by atoms with van der Waals surface area (Å²) in [4.78, 5) is 0. The van der Waals surface area contributed by atoms with Crippen LogP contribution in [-0.2, 0) is 0 Å². The first-order valence-electron chi connectivity index (χ1n) is 5.83. The van der Waals surface area contributed by atoms with Gasteiger partial charge in [0.25, 0.3) is 0 Å². The second-order valence-corrected chi connectivity index (χ2v) is 5.25. The van der Waals surface area contributed by atoms with Gasteiger partial charge in [-0.3, -0.25) is 0 Å². The molecule has 4 heteroatoms. The van der Waals surface area contributed by atoms with Crippen LogP contribution in [0.1, 0.15) is 24.4 Å². The molecule has 1 aromatic carbocycles. The highest BCUT2D eigenvalue weighted by Gasteiger charge is 2.25. The first-order valence-corrected chi connectivity index (χ1v) is 7.23. The summed E-state index contributed by atoms with van der Waals surface area (Å²) in [7, 11) is 1.66. The molecule has 2 N–H and O–H groups in total. The van der Waals surface area contributed by atoms with E-state index in [1.807, 2.05) is 30.0 Å². The zero-order valence-electron chi connectivity index (χ0n) is 10.3. The number of thioether (sulfide) groups is 1. The monoisotopic (exact) mass is 253 g/mol. The van der Waals surface area contributed by atoms with Gasteiger partial charge in [0.2, 0.25) is 0 Å². The predicted molar refractivity (Wildman–Crippen MR) is 72.0 cm³/mol. The number of nitrogens with two attached hydrogens (primary N) is 1. The Hall–Kier alpha value is -0.870. The van der Waals surface area contributed by atoms with Crippen LogP contribution < -0.4 is 15.2 Å². The summed E-state index contributed by atoms with van der Waals surface area (Å²) in [6, 6.07) is 5.91. The normalized spacial score (nSPS) is 22.8. The molecule has 1 aliphatic heterocycles. The number of fused-ring (bicyclic) bond motifs is 1. The Bertz CT molecular complexity index is 384. The van der Waals surface area contributed by atoms with E-state index in [4.69, 9.17) is 15.2 Å². The van der Waals surface area contributed by atoms with Crippen LogP contribution in [0.4, 0.5) is 0 Å². The van der Waals surface area contributed by atoms with Crippen molar-refractivity contribution in [3.05, 3.63) is 23.8 Å². The quantitative estimate of drug-likeness (QED) is 0.896. The third-order valence-corrected chi connectivity index (χ3v) is 3.71. The predicted octanol–water partition coefficient (Wildman–Crippen LogP) is 2.60. The van der Waals surface area contributed by atoms with E-state index in [9.17, 15) is 0 Å². The van der Waals surface area contributed by atoms with Crippen LogP contribution >= 0.6 is 11.8 Å². The van der Waals surface area contributed by atoms with Gasteiger partial charge < -0.3 is 15.2 Å². The molecular weight excluding hydrogens is 234 g/mol. The molecule has 1 unspecified atom stereocenters. The fourth-order valence-electron chi connectivity index (χ4n) is 2.11. The number of ether oxygens (including phenoxy) is 2. The van der Waals surface area contributed by atoms with Gasteiger partial charge >= 0.3 is 0 Å². The first kappa shape index (κ1) is 12.6. The lowest BCUT2D eigenvalue weighted by atomic mass is 9.96. The van der Waals surface area contributed by atoms with E-state index in [1.165, 1.54) is 0 Å². The fraction of sp³-hybridized carbons (Fsp3) is 0.538. The maximum atomic E-state index is 6.19. The summed E-state index contributed by atoms with van der Waals surface area (Å²) < 4.78 is 11.2. The van der Waals surface area contributed by atoms with E-state index in [1.54, 1.807) is 7.11 Å². The zero-order chi connectivity index (χ0) is 12.3. The van der Waals surface area contributed by atoms with E-state index in [0.29, 0.717) is 0 Å². The van der Waals surface area contributed by atoms with Gasteiger partial charge in [0.1, 0.15) is 17.6 Å². The largest absolute Gasteiger partial charge is 0.497 e. The molecule has 0 saturated carbocycles. The third-order valence-electron chi connectivity index (χ3n) is 3.07. The number of methoxy groups -OCH3 is 1. The van der Waals surface area contributed by atoms with Crippen LogP contribution in [0.3, 0.4) is 0 Å². The molecule has 0 amide bonds. The van der Waals surface area contributed by atoms with Crippen LogP contribution in [0.5, 0.6) is 11.5 Å². The van der Waals surface area contributed by atoms with Crippen molar-refractivity contribution in [1.82, 2.24) is 0 Å². The lowest BCUT2D eigenvalue weighted by Crippen LogP contribution is -2.30. The topological polar surface area (TPSA) is 44.5 Å². The van der Waals surface area contributed by atoms with Gasteiger partial charge in [-0.15, -0.1) is 0 Å². The molecule has 0 fully saturated rings. The van der Waals surface area contributed by atoms with E-state index in [-0.39, 0.29) is 12.1 Å². The van der Waals surface area contributed by atoms with Gasteiger partial charge in [0, 0.05) is 18.0 Å². The van der Waals surface area contributed by atoms with Crippen molar-refractivity contribution in [2.24, 2.45) is 5.73 Å². The molecule has 0 bridgehead atoms. The summed E-state index contributed by atoms with van der Waals surface area (Å²) in [5.41, 5.74) is 7.25. The Morgan fingerprint density at radius 1 is 1.53 bits per heavy atom. The smallest absolute Gasteiger partial charge is 0.124 e. The third kappa shape index (κ3) is 2.87. The number of hydrogen-bond donors (Lipinski definition) is 1. The maximum absolute atomic E-state index is 6.19. The Labute approximate surface area is 107 Å². The van der Waals surface area contributed by atoms with Crippen molar-refractivity contribution in [2.45, 2.75) is 25.0 Å². The minimum absolute atomic E-state index is 0.0562. The average Bonchev–Trinajstić information content (AvgIpc) is 2.36. The highest BCUT2D eigenvalue weighted by Crippen LogP contribution is 2.36. The van der Waals surface area contributed by atoms with Crippen molar-refractivity contribution in [3.63, 3.8) is 0 Å². The molecule has 2 atom stereocenters. The van der Waals surface area contributed by atoms with E-state index in [0.717, 1.165) is 35.7 Å². The lowest BCUT2D eigenvalue weighted by molar-refractivity contribution is 0.156. The number of benzene rings is 1. The van der Waals surface area contributed by atoms with Crippen LogP contribution in [0.2, 0.25) is 0 Å². The molecule has 0 spiro atoms. The van der Waals surface area contributed by atoms with Crippen LogP contribution in [0.15, 0.2) is 18.2 Å². The van der Waals surface area contributed by atoms with Crippen molar-refractivity contribution in [1.29, 1.82) is 0 Å². The Kier molecular flexibility index (Phi) is 4.18. The Morgan fingerprint density at radius 2 is 2.35 bits per heavy atom. The van der Waals surface area contributed by atoms with Crippen LogP contribution in [-0.4, -0.2) is 25.2 Å². The highest BCUT2D eigenvalue weighted by molar-refractivity contribution is 7.98. The highest BCUT2D eigenvalue weighted by atomic mass is 32.2. The molecular formula is C13H19NO2S. The summed E-state index contributed by atoms with van der Waals surface area (Å²) in [5.74, 6) is 2.86. The van der Waals surface area contributed by atoms with E-state index < -0.39 is 0 Å². The minimum Gasteiger partial charge on any atom is -0.497 e. The second-order valence-electron chi connectivity index (χ2n) is 4.27. The Balaban J connectivity index is 2.14.